The van der Waals surface area contributed by atoms with Gasteiger partial charge < -0.3 is 10.1 Å². The number of hydrogen-bond donors (Lipinski definition) is 1. The maximum absolute atomic E-state index is 12.2. The van der Waals surface area contributed by atoms with Crippen LogP contribution >= 0.6 is 11.3 Å². The minimum Gasteiger partial charge on any atom is -0.452 e. The van der Waals surface area contributed by atoms with E-state index >= 15 is 0 Å². The van der Waals surface area contributed by atoms with E-state index in [1.165, 1.54) is 29.5 Å². The molecule has 8 heteroatoms. The van der Waals surface area contributed by atoms with E-state index in [1.807, 2.05) is 24.4 Å². The van der Waals surface area contributed by atoms with E-state index in [2.05, 4.69) is 5.32 Å². The number of sulfone groups is 1. The van der Waals surface area contributed by atoms with Gasteiger partial charge in [-0.3, -0.25) is 4.79 Å². The molecule has 0 aliphatic carbocycles. The Morgan fingerprint density at radius 1 is 1.28 bits per heavy atom. The zero-order valence-corrected chi connectivity index (χ0v) is 15.7. The van der Waals surface area contributed by atoms with E-state index in [-0.39, 0.29) is 16.5 Å². The van der Waals surface area contributed by atoms with Gasteiger partial charge in [0.2, 0.25) is 0 Å². The molecule has 0 aliphatic heterocycles. The normalized spacial score (nSPS) is 12.4. The lowest BCUT2D eigenvalue weighted by Gasteiger charge is -2.13. The summed E-state index contributed by atoms with van der Waals surface area (Å²) in [7, 11) is -3.43. The zero-order chi connectivity index (χ0) is 18.6. The van der Waals surface area contributed by atoms with Gasteiger partial charge in [0.15, 0.2) is 16.4 Å². The second kappa shape index (κ2) is 7.79. The lowest BCUT2D eigenvalue weighted by atomic mass is 10.1. The molecule has 1 aromatic heterocycles. The van der Waals surface area contributed by atoms with Crippen molar-refractivity contribution in [1.82, 2.24) is 5.32 Å². The van der Waals surface area contributed by atoms with Gasteiger partial charge in [-0.05, 0) is 43.0 Å². The number of aryl methyl sites for hydroxylation is 1. The first-order valence-corrected chi connectivity index (χ1v) is 10.3. The average Bonchev–Trinajstić information content (AvgIpc) is 3.06. The summed E-state index contributed by atoms with van der Waals surface area (Å²) in [6.45, 7) is 3.07. The van der Waals surface area contributed by atoms with Gasteiger partial charge in [0.1, 0.15) is 0 Å². The molecule has 1 aromatic carbocycles. The fourth-order valence-electron chi connectivity index (χ4n) is 2.15. The van der Waals surface area contributed by atoms with Gasteiger partial charge in [-0.1, -0.05) is 12.1 Å². The highest BCUT2D eigenvalue weighted by Crippen LogP contribution is 2.18. The van der Waals surface area contributed by atoms with Crippen molar-refractivity contribution < 1.29 is 22.7 Å². The summed E-state index contributed by atoms with van der Waals surface area (Å²) in [4.78, 5) is 25.1. The summed E-state index contributed by atoms with van der Waals surface area (Å²) < 4.78 is 28.2. The van der Waals surface area contributed by atoms with Crippen LogP contribution in [0.2, 0.25) is 0 Å². The van der Waals surface area contributed by atoms with Gasteiger partial charge in [-0.2, -0.15) is 0 Å². The third-order valence-corrected chi connectivity index (χ3v) is 5.70. The molecule has 6 nitrogen and oxygen atoms in total. The first-order valence-electron chi connectivity index (χ1n) is 7.49. The molecule has 1 unspecified atom stereocenters. The third kappa shape index (κ3) is 5.14. The van der Waals surface area contributed by atoms with E-state index in [0.717, 1.165) is 11.1 Å². The van der Waals surface area contributed by atoms with Crippen LogP contribution in [0.25, 0.3) is 0 Å². The predicted octanol–water partition coefficient (Wildman–Crippen LogP) is 2.49. The lowest BCUT2D eigenvalue weighted by Crippen LogP contribution is -2.30. The van der Waals surface area contributed by atoms with Gasteiger partial charge in [-0.15, -0.1) is 11.3 Å². The monoisotopic (exact) mass is 381 g/mol. The summed E-state index contributed by atoms with van der Waals surface area (Å²) in [5, 5.41) is 4.65. The van der Waals surface area contributed by atoms with Crippen molar-refractivity contribution in [2.24, 2.45) is 0 Å². The summed E-state index contributed by atoms with van der Waals surface area (Å²) in [5.41, 5.74) is 0.701. The van der Waals surface area contributed by atoms with Crippen molar-refractivity contribution >= 4 is 33.1 Å². The minimum absolute atomic E-state index is 0.0285. The summed E-state index contributed by atoms with van der Waals surface area (Å²) in [6.07, 6.45) is 1.06. The van der Waals surface area contributed by atoms with Crippen molar-refractivity contribution in [2.75, 3.05) is 12.9 Å². The molecule has 1 atom stereocenters. The topological polar surface area (TPSA) is 89.5 Å². The van der Waals surface area contributed by atoms with Gasteiger partial charge in [-0.25, -0.2) is 13.2 Å². The second-order valence-electron chi connectivity index (χ2n) is 5.63. The predicted molar refractivity (Wildman–Crippen MR) is 95.4 cm³/mol. The highest BCUT2D eigenvalue weighted by molar-refractivity contribution is 7.90. The van der Waals surface area contributed by atoms with Crippen LogP contribution in [0.15, 0.2) is 40.6 Å². The van der Waals surface area contributed by atoms with Gasteiger partial charge in [0.25, 0.3) is 5.91 Å². The fourth-order valence-corrected chi connectivity index (χ4v) is 3.53. The molecule has 0 bridgehead atoms. The van der Waals surface area contributed by atoms with Gasteiger partial charge in [0.05, 0.1) is 16.5 Å². The molecule has 0 saturated carbocycles. The molecule has 1 N–H and O–H groups in total. The summed E-state index contributed by atoms with van der Waals surface area (Å²) >= 11 is 1.52. The third-order valence-electron chi connectivity index (χ3n) is 3.54. The number of nitrogens with one attached hydrogen (secondary N) is 1. The molecule has 0 aliphatic rings. The molecule has 0 fully saturated rings. The Balaban J connectivity index is 1.99. The highest BCUT2D eigenvalue weighted by Gasteiger charge is 2.17. The maximum Gasteiger partial charge on any atom is 0.338 e. The number of ether oxygens (including phenoxy) is 1. The Hall–Kier alpha value is -2.19. The van der Waals surface area contributed by atoms with Crippen molar-refractivity contribution in [3.8, 4) is 0 Å². The Labute approximate surface area is 150 Å². The van der Waals surface area contributed by atoms with Crippen molar-refractivity contribution in [3.63, 3.8) is 0 Å². The number of amides is 1. The Bertz CT molecular complexity index is 872. The number of benzene rings is 1. The number of rotatable bonds is 6. The fraction of sp³-hybridized carbons (Fsp3) is 0.294. The Morgan fingerprint density at radius 3 is 2.60 bits per heavy atom. The van der Waals surface area contributed by atoms with Crippen LogP contribution in [0, 0.1) is 6.92 Å². The average molecular weight is 381 g/mol. The highest BCUT2D eigenvalue weighted by atomic mass is 32.2. The standard InChI is InChI=1S/C17H19NO5S2/c1-11-6-7-13(25(3,21)22)9-14(11)17(20)23-10-16(19)18-12(2)15-5-4-8-24-15/h4-9,12H,10H2,1-3H3,(H,18,19). The molecule has 134 valence electrons. The quantitative estimate of drug-likeness (QED) is 0.777. The SMILES string of the molecule is Cc1ccc(S(C)(=O)=O)cc1C(=O)OCC(=O)NC(C)c1cccs1. The van der Waals surface area contributed by atoms with Crippen molar-refractivity contribution in [3.05, 3.63) is 51.7 Å². The van der Waals surface area contributed by atoms with Crippen LogP contribution < -0.4 is 5.32 Å². The molecule has 2 aromatic rings. The second-order valence-corrected chi connectivity index (χ2v) is 8.62. The molecule has 0 spiro atoms. The number of carbonyl (C=O) groups is 2. The van der Waals surface area contributed by atoms with E-state index < -0.39 is 28.3 Å². The molecule has 2 rings (SSSR count). The van der Waals surface area contributed by atoms with Crippen LogP contribution in [0.1, 0.15) is 33.8 Å². The summed E-state index contributed by atoms with van der Waals surface area (Å²) in [5.74, 6) is -1.16. The van der Waals surface area contributed by atoms with Crippen LogP contribution in [0.4, 0.5) is 0 Å². The molecule has 0 saturated heterocycles. The first-order chi connectivity index (χ1) is 11.7. The van der Waals surface area contributed by atoms with Gasteiger partial charge >= 0.3 is 5.97 Å². The first kappa shape index (κ1) is 19.1. The number of esters is 1. The molecular weight excluding hydrogens is 362 g/mol. The smallest absolute Gasteiger partial charge is 0.338 e. The van der Waals surface area contributed by atoms with Crippen LogP contribution in [0.5, 0.6) is 0 Å². The zero-order valence-electron chi connectivity index (χ0n) is 14.1. The maximum atomic E-state index is 12.2. The minimum atomic E-state index is -3.43. The number of hydrogen-bond acceptors (Lipinski definition) is 6. The Kier molecular flexibility index (Phi) is 5.97. The molecule has 0 radical (unpaired) electrons. The van der Waals surface area contributed by atoms with E-state index in [4.69, 9.17) is 4.74 Å². The molecule has 25 heavy (non-hydrogen) atoms. The van der Waals surface area contributed by atoms with E-state index in [0.29, 0.717) is 5.56 Å². The largest absolute Gasteiger partial charge is 0.452 e. The van der Waals surface area contributed by atoms with Gasteiger partial charge in [0, 0.05) is 11.1 Å². The molecule has 1 amide bonds. The lowest BCUT2D eigenvalue weighted by molar-refractivity contribution is -0.124. The Morgan fingerprint density at radius 2 is 2.00 bits per heavy atom. The number of thiophene rings is 1. The molecular formula is C17H19NO5S2. The van der Waals surface area contributed by atoms with Crippen molar-refractivity contribution in [2.45, 2.75) is 24.8 Å². The van der Waals surface area contributed by atoms with E-state index in [1.54, 1.807) is 6.92 Å². The summed E-state index contributed by atoms with van der Waals surface area (Å²) in [6, 6.07) is 7.84. The van der Waals surface area contributed by atoms with Crippen LogP contribution in [-0.4, -0.2) is 33.2 Å². The van der Waals surface area contributed by atoms with Crippen molar-refractivity contribution in [1.29, 1.82) is 0 Å². The van der Waals surface area contributed by atoms with Crippen LogP contribution in [-0.2, 0) is 19.4 Å². The number of carbonyl (C=O) groups excluding carboxylic acids is 2. The van der Waals surface area contributed by atoms with E-state index in [9.17, 15) is 18.0 Å². The van der Waals surface area contributed by atoms with Crippen LogP contribution in [0.3, 0.4) is 0 Å². The molecule has 1 heterocycles.